The first-order valence-corrected chi connectivity index (χ1v) is 8.97. The van der Waals surface area contributed by atoms with Gasteiger partial charge in [-0.15, -0.1) is 0 Å². The molecule has 1 aromatic carbocycles. The minimum absolute atomic E-state index is 0.0325. The van der Waals surface area contributed by atoms with E-state index in [1.165, 1.54) is 0 Å². The molecule has 0 fully saturated rings. The Kier molecular flexibility index (Phi) is 3.67. The Morgan fingerprint density at radius 3 is 2.71 bits per heavy atom. The predicted octanol–water partition coefficient (Wildman–Crippen LogP) is 2.63. The first kappa shape index (κ1) is 14.7. The zero-order valence-electron chi connectivity index (χ0n) is 11.6. The van der Waals surface area contributed by atoms with Crippen LogP contribution in [0.5, 0.6) is 0 Å². The molecule has 0 aliphatic heterocycles. The third-order valence-electron chi connectivity index (χ3n) is 3.69. The maximum Gasteiger partial charge on any atom is 0.246 e. The molecule has 0 spiro atoms. The number of hydrogen-bond acceptors (Lipinski definition) is 4. The van der Waals surface area contributed by atoms with E-state index in [1.54, 1.807) is 13.8 Å². The standard InChI is InChI=1S/C14H15BrN2O3S/c1-8-14(9(2)20-16-8)21(18,19)17-13-11-6-4-3-5-10(11)7-12(13)15/h3-6,12-13,17H,7H2,1-2H3. The highest BCUT2D eigenvalue weighted by molar-refractivity contribution is 9.09. The lowest BCUT2D eigenvalue weighted by molar-refractivity contribution is 0.390. The lowest BCUT2D eigenvalue weighted by atomic mass is 10.1. The number of rotatable bonds is 3. The van der Waals surface area contributed by atoms with Gasteiger partial charge in [-0.1, -0.05) is 45.4 Å². The van der Waals surface area contributed by atoms with Gasteiger partial charge in [-0.3, -0.25) is 0 Å². The molecule has 7 heteroatoms. The van der Waals surface area contributed by atoms with Gasteiger partial charge in [0.1, 0.15) is 10.6 Å². The fraction of sp³-hybridized carbons (Fsp3) is 0.357. The second-order valence-electron chi connectivity index (χ2n) is 5.17. The molecule has 0 bridgehead atoms. The van der Waals surface area contributed by atoms with E-state index in [2.05, 4.69) is 25.8 Å². The molecule has 112 valence electrons. The zero-order valence-corrected chi connectivity index (χ0v) is 14.0. The normalized spacial score (nSPS) is 21.5. The van der Waals surface area contributed by atoms with E-state index in [1.807, 2.05) is 24.3 Å². The Balaban J connectivity index is 1.97. The monoisotopic (exact) mass is 370 g/mol. The first-order valence-electron chi connectivity index (χ1n) is 6.57. The van der Waals surface area contributed by atoms with Crippen LogP contribution in [0, 0.1) is 13.8 Å². The number of sulfonamides is 1. The van der Waals surface area contributed by atoms with Crippen LogP contribution in [-0.2, 0) is 16.4 Å². The second-order valence-corrected chi connectivity index (χ2v) is 8.00. The maximum absolute atomic E-state index is 12.6. The summed E-state index contributed by atoms with van der Waals surface area (Å²) in [4.78, 5) is 0.164. The van der Waals surface area contributed by atoms with Crippen molar-refractivity contribution in [1.82, 2.24) is 9.88 Å². The molecule has 0 amide bonds. The SMILES string of the molecule is Cc1noc(C)c1S(=O)(=O)NC1c2ccccc2CC1Br. The number of halogens is 1. The predicted molar refractivity (Wildman–Crippen MR) is 81.9 cm³/mol. The Bertz CT molecular complexity index is 766. The third-order valence-corrected chi connectivity index (χ3v) is 6.22. The van der Waals surface area contributed by atoms with Crippen molar-refractivity contribution in [3.63, 3.8) is 0 Å². The van der Waals surface area contributed by atoms with Gasteiger partial charge < -0.3 is 4.52 Å². The molecule has 1 aliphatic carbocycles. The van der Waals surface area contributed by atoms with Crippen LogP contribution in [0.1, 0.15) is 28.6 Å². The molecule has 1 N–H and O–H groups in total. The lowest BCUT2D eigenvalue weighted by Gasteiger charge is -2.17. The summed E-state index contributed by atoms with van der Waals surface area (Å²) in [5, 5.41) is 3.71. The molecule has 3 rings (SSSR count). The summed E-state index contributed by atoms with van der Waals surface area (Å²) in [6.07, 6.45) is 0.797. The Morgan fingerprint density at radius 1 is 1.33 bits per heavy atom. The molecule has 0 saturated heterocycles. The highest BCUT2D eigenvalue weighted by Gasteiger charge is 2.35. The van der Waals surface area contributed by atoms with Crippen molar-refractivity contribution in [2.75, 3.05) is 0 Å². The van der Waals surface area contributed by atoms with Crippen LogP contribution in [0.2, 0.25) is 0 Å². The van der Waals surface area contributed by atoms with Crippen LogP contribution < -0.4 is 4.72 Å². The van der Waals surface area contributed by atoms with Crippen LogP contribution in [0.15, 0.2) is 33.7 Å². The number of hydrogen-bond donors (Lipinski definition) is 1. The van der Waals surface area contributed by atoms with Crippen molar-refractivity contribution in [3.05, 3.63) is 46.8 Å². The van der Waals surface area contributed by atoms with Gasteiger partial charge in [-0.2, -0.15) is 0 Å². The molecule has 0 saturated carbocycles. The summed E-state index contributed by atoms with van der Waals surface area (Å²) >= 11 is 3.57. The molecule has 2 atom stereocenters. The average Bonchev–Trinajstić information content (AvgIpc) is 2.91. The second kappa shape index (κ2) is 5.23. The van der Waals surface area contributed by atoms with E-state index >= 15 is 0 Å². The van der Waals surface area contributed by atoms with Crippen molar-refractivity contribution in [1.29, 1.82) is 0 Å². The molecule has 1 aromatic heterocycles. The van der Waals surface area contributed by atoms with E-state index < -0.39 is 10.0 Å². The summed E-state index contributed by atoms with van der Waals surface area (Å²) in [5.41, 5.74) is 2.54. The molecule has 5 nitrogen and oxygen atoms in total. The van der Waals surface area contributed by atoms with Gasteiger partial charge in [0.15, 0.2) is 5.76 Å². The summed E-state index contributed by atoms with van der Waals surface area (Å²) in [7, 11) is -3.67. The summed E-state index contributed by atoms with van der Waals surface area (Å²) in [5.74, 6) is 0.303. The maximum atomic E-state index is 12.6. The summed E-state index contributed by atoms with van der Waals surface area (Å²) in [6, 6.07) is 7.57. The number of aromatic nitrogens is 1. The van der Waals surface area contributed by atoms with Gasteiger partial charge in [0.05, 0.1) is 6.04 Å². The van der Waals surface area contributed by atoms with Gasteiger partial charge >= 0.3 is 0 Å². The molecule has 21 heavy (non-hydrogen) atoms. The van der Waals surface area contributed by atoms with Gasteiger partial charge in [0.2, 0.25) is 10.0 Å². The van der Waals surface area contributed by atoms with Crippen molar-refractivity contribution < 1.29 is 12.9 Å². The Labute approximate surface area is 131 Å². The Morgan fingerprint density at radius 2 is 2.05 bits per heavy atom. The number of alkyl halides is 1. The van der Waals surface area contributed by atoms with Crippen LogP contribution in [0.4, 0.5) is 0 Å². The number of fused-ring (bicyclic) bond motifs is 1. The summed E-state index contributed by atoms with van der Waals surface area (Å²) in [6.45, 7) is 3.22. The highest BCUT2D eigenvalue weighted by atomic mass is 79.9. The quantitative estimate of drug-likeness (QED) is 0.842. The highest BCUT2D eigenvalue weighted by Crippen LogP contribution is 2.37. The van der Waals surface area contributed by atoms with E-state index in [-0.39, 0.29) is 15.8 Å². The summed E-state index contributed by atoms with van der Waals surface area (Å²) < 4.78 is 33.0. The molecule has 0 radical (unpaired) electrons. The number of nitrogens with zero attached hydrogens (tertiary/aromatic N) is 1. The molecular formula is C14H15BrN2O3S. The van der Waals surface area contributed by atoms with Crippen molar-refractivity contribution in [3.8, 4) is 0 Å². The minimum atomic E-state index is -3.67. The fourth-order valence-corrected chi connectivity index (χ4v) is 5.29. The smallest absolute Gasteiger partial charge is 0.246 e. The van der Waals surface area contributed by atoms with E-state index in [0.717, 1.165) is 17.5 Å². The fourth-order valence-electron chi connectivity index (χ4n) is 2.77. The largest absolute Gasteiger partial charge is 0.360 e. The van der Waals surface area contributed by atoms with Gasteiger partial charge in [0, 0.05) is 4.83 Å². The van der Waals surface area contributed by atoms with Crippen molar-refractivity contribution >= 4 is 26.0 Å². The van der Waals surface area contributed by atoms with E-state index in [4.69, 9.17) is 4.52 Å². The molecule has 1 heterocycles. The minimum Gasteiger partial charge on any atom is -0.360 e. The van der Waals surface area contributed by atoms with Crippen LogP contribution >= 0.6 is 15.9 Å². The molecule has 2 aromatic rings. The number of aryl methyl sites for hydroxylation is 2. The zero-order chi connectivity index (χ0) is 15.2. The number of benzene rings is 1. The Hall–Kier alpha value is -1.18. The van der Waals surface area contributed by atoms with Crippen molar-refractivity contribution in [2.24, 2.45) is 0 Å². The van der Waals surface area contributed by atoms with Crippen molar-refractivity contribution in [2.45, 2.75) is 36.0 Å². The molecule has 1 aliphatic rings. The van der Waals surface area contributed by atoms with Crippen LogP contribution in [0.3, 0.4) is 0 Å². The van der Waals surface area contributed by atoms with E-state index in [9.17, 15) is 8.42 Å². The van der Waals surface area contributed by atoms with Gasteiger partial charge in [0.25, 0.3) is 0 Å². The topological polar surface area (TPSA) is 72.2 Å². The van der Waals surface area contributed by atoms with E-state index in [0.29, 0.717) is 11.5 Å². The third kappa shape index (κ3) is 2.54. The van der Waals surface area contributed by atoms with Gasteiger partial charge in [-0.25, -0.2) is 13.1 Å². The van der Waals surface area contributed by atoms with Gasteiger partial charge in [-0.05, 0) is 31.4 Å². The van der Waals surface area contributed by atoms with Crippen LogP contribution in [-0.4, -0.2) is 18.4 Å². The van der Waals surface area contributed by atoms with Crippen LogP contribution in [0.25, 0.3) is 0 Å². The lowest BCUT2D eigenvalue weighted by Crippen LogP contribution is -2.32. The molecular weight excluding hydrogens is 356 g/mol. The molecule has 2 unspecified atom stereocenters. The number of nitrogens with one attached hydrogen (secondary N) is 1. The first-order chi connectivity index (χ1) is 9.90. The average molecular weight is 371 g/mol.